The topological polar surface area (TPSA) is 12.0 Å². The standard InChI is InChI=1S/C17H19N/c1-13-8-7-9-14(2)17(13)18-12-15(3)16-10-5-4-6-11-16/h4-11,18H,3,12H2,1-2H3. The molecule has 1 N–H and O–H groups in total. The zero-order chi connectivity index (χ0) is 13.0. The van der Waals surface area contributed by atoms with E-state index < -0.39 is 0 Å². The fraction of sp³-hybridized carbons (Fsp3) is 0.176. The minimum Gasteiger partial charge on any atom is -0.381 e. The first-order chi connectivity index (χ1) is 8.68. The van der Waals surface area contributed by atoms with Crippen LogP contribution in [0.25, 0.3) is 5.57 Å². The van der Waals surface area contributed by atoms with Gasteiger partial charge in [-0.05, 0) is 36.1 Å². The molecule has 0 aromatic heterocycles. The number of hydrogen-bond donors (Lipinski definition) is 1. The van der Waals surface area contributed by atoms with Crippen LogP contribution < -0.4 is 5.32 Å². The average molecular weight is 237 g/mol. The van der Waals surface area contributed by atoms with Crippen molar-refractivity contribution < 1.29 is 0 Å². The van der Waals surface area contributed by atoms with E-state index in [1.165, 1.54) is 22.4 Å². The average Bonchev–Trinajstić information content (AvgIpc) is 2.39. The van der Waals surface area contributed by atoms with Crippen LogP contribution in [0.4, 0.5) is 5.69 Å². The van der Waals surface area contributed by atoms with E-state index in [9.17, 15) is 0 Å². The van der Waals surface area contributed by atoms with Crippen molar-refractivity contribution in [2.45, 2.75) is 13.8 Å². The highest BCUT2D eigenvalue weighted by Gasteiger charge is 2.02. The Morgan fingerprint density at radius 1 is 0.944 bits per heavy atom. The summed E-state index contributed by atoms with van der Waals surface area (Å²) in [5.41, 5.74) is 6.07. The van der Waals surface area contributed by atoms with Gasteiger partial charge in [0.05, 0.1) is 0 Å². The lowest BCUT2D eigenvalue weighted by Gasteiger charge is -2.14. The van der Waals surface area contributed by atoms with Crippen molar-refractivity contribution in [3.63, 3.8) is 0 Å². The van der Waals surface area contributed by atoms with E-state index in [0.717, 1.165) is 12.1 Å². The van der Waals surface area contributed by atoms with E-state index >= 15 is 0 Å². The second-order valence-electron chi connectivity index (χ2n) is 4.59. The predicted octanol–water partition coefficient (Wildman–Crippen LogP) is 4.43. The lowest BCUT2D eigenvalue weighted by Crippen LogP contribution is -2.06. The van der Waals surface area contributed by atoms with Crippen LogP contribution in [0.5, 0.6) is 0 Å². The first kappa shape index (κ1) is 12.4. The van der Waals surface area contributed by atoms with E-state index in [4.69, 9.17) is 0 Å². The molecule has 92 valence electrons. The van der Waals surface area contributed by atoms with Crippen molar-refractivity contribution in [1.82, 2.24) is 0 Å². The molecule has 0 saturated carbocycles. The summed E-state index contributed by atoms with van der Waals surface area (Å²) in [6.07, 6.45) is 0. The van der Waals surface area contributed by atoms with Crippen molar-refractivity contribution in [3.8, 4) is 0 Å². The van der Waals surface area contributed by atoms with E-state index in [1.807, 2.05) is 18.2 Å². The number of nitrogens with one attached hydrogen (secondary N) is 1. The highest BCUT2D eigenvalue weighted by molar-refractivity contribution is 5.69. The molecule has 1 heteroatoms. The summed E-state index contributed by atoms with van der Waals surface area (Å²) < 4.78 is 0. The number of benzene rings is 2. The van der Waals surface area contributed by atoms with Crippen molar-refractivity contribution >= 4 is 11.3 Å². The molecule has 2 aromatic rings. The summed E-state index contributed by atoms with van der Waals surface area (Å²) in [6.45, 7) is 9.16. The smallest absolute Gasteiger partial charge is 0.0402 e. The summed E-state index contributed by atoms with van der Waals surface area (Å²) in [5.74, 6) is 0. The molecule has 0 aliphatic heterocycles. The Bertz CT molecular complexity index is 521. The maximum atomic E-state index is 4.14. The SMILES string of the molecule is C=C(CNc1c(C)cccc1C)c1ccccc1. The van der Waals surface area contributed by atoms with Gasteiger partial charge in [-0.15, -0.1) is 0 Å². The molecule has 2 aromatic carbocycles. The molecule has 0 spiro atoms. The Morgan fingerprint density at radius 2 is 1.56 bits per heavy atom. The first-order valence-corrected chi connectivity index (χ1v) is 6.22. The molecule has 0 amide bonds. The lowest BCUT2D eigenvalue weighted by atomic mass is 10.1. The van der Waals surface area contributed by atoms with Gasteiger partial charge in [-0.1, -0.05) is 55.1 Å². The fourth-order valence-corrected chi connectivity index (χ4v) is 2.06. The Morgan fingerprint density at radius 3 is 2.17 bits per heavy atom. The van der Waals surface area contributed by atoms with Gasteiger partial charge in [0.25, 0.3) is 0 Å². The molecule has 0 radical (unpaired) electrons. The maximum Gasteiger partial charge on any atom is 0.0402 e. The second-order valence-corrected chi connectivity index (χ2v) is 4.59. The normalized spacial score (nSPS) is 10.1. The summed E-state index contributed by atoms with van der Waals surface area (Å²) in [7, 11) is 0. The molecular formula is C17H19N. The van der Waals surface area contributed by atoms with Crippen LogP contribution in [0.3, 0.4) is 0 Å². The van der Waals surface area contributed by atoms with Crippen molar-refractivity contribution in [2.75, 3.05) is 11.9 Å². The minimum atomic E-state index is 0.774. The number of anilines is 1. The van der Waals surface area contributed by atoms with Gasteiger partial charge in [-0.2, -0.15) is 0 Å². The monoisotopic (exact) mass is 237 g/mol. The second kappa shape index (κ2) is 5.54. The summed E-state index contributed by atoms with van der Waals surface area (Å²) in [4.78, 5) is 0. The largest absolute Gasteiger partial charge is 0.381 e. The van der Waals surface area contributed by atoms with E-state index in [0.29, 0.717) is 0 Å². The van der Waals surface area contributed by atoms with Gasteiger partial charge >= 0.3 is 0 Å². The molecule has 2 rings (SSSR count). The third-order valence-electron chi connectivity index (χ3n) is 3.14. The minimum absolute atomic E-state index is 0.774. The van der Waals surface area contributed by atoms with Gasteiger partial charge in [-0.3, -0.25) is 0 Å². The molecule has 0 unspecified atom stereocenters. The highest BCUT2D eigenvalue weighted by atomic mass is 14.9. The van der Waals surface area contributed by atoms with Crippen LogP contribution in [0, 0.1) is 13.8 Å². The Kier molecular flexibility index (Phi) is 3.83. The Labute approximate surface area is 109 Å². The molecule has 0 fully saturated rings. The third kappa shape index (κ3) is 2.80. The number of rotatable bonds is 4. The van der Waals surface area contributed by atoms with Crippen molar-refractivity contribution in [2.24, 2.45) is 0 Å². The van der Waals surface area contributed by atoms with Gasteiger partial charge in [0.2, 0.25) is 0 Å². The molecule has 0 heterocycles. The van der Waals surface area contributed by atoms with E-state index in [1.54, 1.807) is 0 Å². The molecule has 18 heavy (non-hydrogen) atoms. The summed E-state index contributed by atoms with van der Waals surface area (Å²) in [6, 6.07) is 16.6. The Hall–Kier alpha value is -2.02. The molecule has 0 aliphatic carbocycles. The molecule has 0 atom stereocenters. The predicted molar refractivity (Wildman–Crippen MR) is 79.9 cm³/mol. The van der Waals surface area contributed by atoms with Crippen molar-refractivity contribution in [1.29, 1.82) is 0 Å². The summed E-state index contributed by atoms with van der Waals surface area (Å²) >= 11 is 0. The fourth-order valence-electron chi connectivity index (χ4n) is 2.06. The van der Waals surface area contributed by atoms with Crippen LogP contribution in [0.1, 0.15) is 16.7 Å². The van der Waals surface area contributed by atoms with E-state index in [2.05, 4.69) is 56.1 Å². The van der Waals surface area contributed by atoms with Gasteiger partial charge in [0.1, 0.15) is 0 Å². The highest BCUT2D eigenvalue weighted by Crippen LogP contribution is 2.21. The quantitative estimate of drug-likeness (QED) is 0.829. The van der Waals surface area contributed by atoms with Crippen LogP contribution in [-0.2, 0) is 0 Å². The van der Waals surface area contributed by atoms with Gasteiger partial charge in [-0.25, -0.2) is 0 Å². The molecule has 0 bridgehead atoms. The molecule has 1 nitrogen and oxygen atoms in total. The molecule has 0 saturated heterocycles. The maximum absolute atomic E-state index is 4.14. The first-order valence-electron chi connectivity index (χ1n) is 6.22. The Balaban J connectivity index is 2.07. The number of para-hydroxylation sites is 1. The summed E-state index contributed by atoms with van der Waals surface area (Å²) in [5, 5.41) is 3.48. The van der Waals surface area contributed by atoms with Crippen LogP contribution in [0.2, 0.25) is 0 Å². The third-order valence-corrected chi connectivity index (χ3v) is 3.14. The zero-order valence-corrected chi connectivity index (χ0v) is 11.0. The van der Waals surface area contributed by atoms with Crippen molar-refractivity contribution in [3.05, 3.63) is 71.8 Å². The van der Waals surface area contributed by atoms with Gasteiger partial charge in [0.15, 0.2) is 0 Å². The zero-order valence-electron chi connectivity index (χ0n) is 11.0. The van der Waals surface area contributed by atoms with Gasteiger partial charge < -0.3 is 5.32 Å². The van der Waals surface area contributed by atoms with Crippen LogP contribution in [-0.4, -0.2) is 6.54 Å². The molecular weight excluding hydrogens is 218 g/mol. The van der Waals surface area contributed by atoms with Gasteiger partial charge in [0, 0.05) is 12.2 Å². The van der Waals surface area contributed by atoms with Crippen LogP contribution in [0.15, 0.2) is 55.1 Å². The van der Waals surface area contributed by atoms with E-state index in [-0.39, 0.29) is 0 Å². The molecule has 0 aliphatic rings. The van der Waals surface area contributed by atoms with Crippen LogP contribution >= 0.6 is 0 Å². The lowest BCUT2D eigenvalue weighted by molar-refractivity contribution is 1.27. The number of aryl methyl sites for hydroxylation is 2. The number of hydrogen-bond acceptors (Lipinski definition) is 1.